The summed E-state index contributed by atoms with van der Waals surface area (Å²) in [5, 5.41) is 10.6. The molecule has 0 saturated carbocycles. The molecule has 2 fully saturated rings. The molecule has 2 aliphatic heterocycles. The highest BCUT2D eigenvalue weighted by Gasteiger charge is 2.41. The molecule has 1 aromatic rings. The number of piperidine rings is 1. The molecule has 2 N–H and O–H groups in total. The fourth-order valence-corrected chi connectivity index (χ4v) is 5.01. The van der Waals surface area contributed by atoms with Crippen molar-refractivity contribution in [2.45, 2.75) is 77.1 Å². The number of hydrogen-bond acceptors (Lipinski definition) is 6. The minimum absolute atomic E-state index is 0.0236. The lowest BCUT2D eigenvalue weighted by Gasteiger charge is -2.38. The highest BCUT2D eigenvalue weighted by molar-refractivity contribution is 7.90. The van der Waals surface area contributed by atoms with Crippen LogP contribution in [0.1, 0.15) is 64.6 Å². The Hall–Kier alpha value is -1.39. The largest absolute Gasteiger partial charge is 0.598 e. The average molecular weight is 471 g/mol. The van der Waals surface area contributed by atoms with Crippen molar-refractivity contribution >= 4 is 17.3 Å². The van der Waals surface area contributed by atoms with Gasteiger partial charge in [0.25, 0.3) is 5.91 Å². The van der Waals surface area contributed by atoms with Crippen LogP contribution in [0.5, 0.6) is 5.75 Å². The predicted molar refractivity (Wildman–Crippen MR) is 121 cm³/mol. The minimum Gasteiger partial charge on any atom is -0.598 e. The van der Waals surface area contributed by atoms with Crippen LogP contribution in [0.2, 0.25) is 0 Å². The zero-order valence-electron chi connectivity index (χ0n) is 19.7. The first-order chi connectivity index (χ1) is 14.8. The molecule has 0 aliphatic carbocycles. The standard InChI is InChI=1S/C23H35FN2O5S/c1-14-11-18(27)16(12-17(14)24)20(25-32(29)22(2,3)4)15-7-9-26(10-8-15)21(28)19-13-30-23(5,6)31-19/h11-12,15,19-20,25,27H,7-10,13H2,1-6H3/t19-,20?,32+/m1/s1. The maximum atomic E-state index is 14.4. The number of hydrogen-bond donors (Lipinski definition) is 2. The van der Waals surface area contributed by atoms with Gasteiger partial charge in [0.05, 0.1) is 12.6 Å². The number of benzene rings is 1. The van der Waals surface area contributed by atoms with Gasteiger partial charge in [-0.25, -0.2) is 4.39 Å². The Bertz CT molecular complexity index is 836. The monoisotopic (exact) mass is 470 g/mol. The second-order valence-corrected chi connectivity index (χ2v) is 12.1. The number of halogens is 1. The van der Waals surface area contributed by atoms with Gasteiger partial charge in [-0.2, -0.15) is 0 Å². The number of phenolic OH excluding ortho intramolecular Hbond substituents is 1. The van der Waals surface area contributed by atoms with Gasteiger partial charge >= 0.3 is 0 Å². The van der Waals surface area contributed by atoms with E-state index in [1.165, 1.54) is 12.1 Å². The molecule has 32 heavy (non-hydrogen) atoms. The van der Waals surface area contributed by atoms with Crippen molar-refractivity contribution in [3.05, 3.63) is 29.1 Å². The van der Waals surface area contributed by atoms with Gasteiger partial charge in [0.15, 0.2) is 11.9 Å². The lowest BCUT2D eigenvalue weighted by Crippen LogP contribution is -2.48. The van der Waals surface area contributed by atoms with E-state index in [9.17, 15) is 18.8 Å². The van der Waals surface area contributed by atoms with Crippen LogP contribution in [0, 0.1) is 18.7 Å². The first-order valence-corrected chi connectivity index (χ1v) is 12.2. The van der Waals surface area contributed by atoms with E-state index < -0.39 is 39.9 Å². The smallest absolute Gasteiger partial charge is 0.254 e. The van der Waals surface area contributed by atoms with Crippen LogP contribution in [0.25, 0.3) is 0 Å². The third kappa shape index (κ3) is 5.75. The zero-order valence-corrected chi connectivity index (χ0v) is 20.6. The number of carbonyl (C=O) groups excluding carboxylic acids is 1. The van der Waals surface area contributed by atoms with Gasteiger partial charge in [-0.3, -0.25) is 4.79 Å². The van der Waals surface area contributed by atoms with Crippen molar-refractivity contribution in [3.8, 4) is 5.75 Å². The number of likely N-dealkylation sites (tertiary alicyclic amines) is 1. The first-order valence-electron chi connectivity index (χ1n) is 11.1. The van der Waals surface area contributed by atoms with Crippen LogP contribution in [0.15, 0.2) is 12.1 Å². The van der Waals surface area contributed by atoms with Crippen molar-refractivity contribution < 1.29 is 28.3 Å². The summed E-state index contributed by atoms with van der Waals surface area (Å²) in [5.41, 5.74) is 0.744. The van der Waals surface area contributed by atoms with Crippen LogP contribution in [0.3, 0.4) is 0 Å². The molecule has 1 unspecified atom stereocenters. The Balaban J connectivity index is 1.75. The molecule has 1 amide bonds. The van der Waals surface area contributed by atoms with Gasteiger partial charge in [0, 0.05) is 30.0 Å². The fraction of sp³-hybridized carbons (Fsp3) is 0.696. The summed E-state index contributed by atoms with van der Waals surface area (Å²) in [5.74, 6) is -1.33. The van der Waals surface area contributed by atoms with Crippen LogP contribution in [0.4, 0.5) is 4.39 Å². The third-order valence-electron chi connectivity index (χ3n) is 6.04. The summed E-state index contributed by atoms with van der Waals surface area (Å²) in [4.78, 5) is 14.6. The molecule has 0 radical (unpaired) electrons. The number of carbonyl (C=O) groups is 1. The predicted octanol–water partition coefficient (Wildman–Crippen LogP) is 3.32. The molecule has 3 rings (SSSR count). The van der Waals surface area contributed by atoms with Crippen molar-refractivity contribution in [2.24, 2.45) is 5.92 Å². The van der Waals surface area contributed by atoms with E-state index in [0.29, 0.717) is 37.1 Å². The van der Waals surface area contributed by atoms with E-state index in [1.54, 1.807) is 25.7 Å². The molecule has 9 heteroatoms. The van der Waals surface area contributed by atoms with Gasteiger partial charge in [0.2, 0.25) is 0 Å². The molecule has 3 atom stereocenters. The topological polar surface area (TPSA) is 94.1 Å². The maximum Gasteiger partial charge on any atom is 0.254 e. The van der Waals surface area contributed by atoms with Gasteiger partial charge < -0.3 is 24.0 Å². The lowest BCUT2D eigenvalue weighted by molar-refractivity contribution is -0.161. The summed E-state index contributed by atoms with van der Waals surface area (Å²) in [6.45, 7) is 12.0. The van der Waals surface area contributed by atoms with Crippen molar-refractivity contribution in [1.82, 2.24) is 9.62 Å². The molecule has 2 heterocycles. The zero-order chi connectivity index (χ0) is 23.8. The van der Waals surface area contributed by atoms with E-state index in [1.807, 2.05) is 20.8 Å². The molecule has 0 bridgehead atoms. The molecule has 2 saturated heterocycles. The summed E-state index contributed by atoms with van der Waals surface area (Å²) in [6.07, 6.45) is 0.631. The Kier molecular flexibility index (Phi) is 7.46. The number of ether oxygens (including phenoxy) is 2. The Morgan fingerprint density at radius 1 is 1.34 bits per heavy atom. The van der Waals surface area contributed by atoms with Crippen LogP contribution < -0.4 is 4.72 Å². The number of aromatic hydroxyl groups is 1. The van der Waals surface area contributed by atoms with Crippen molar-refractivity contribution in [1.29, 1.82) is 0 Å². The number of nitrogens with one attached hydrogen (secondary N) is 1. The second-order valence-electron chi connectivity index (χ2n) is 10.1. The maximum absolute atomic E-state index is 14.4. The highest BCUT2D eigenvalue weighted by atomic mass is 32.2. The first kappa shape index (κ1) is 25.2. The molecule has 7 nitrogen and oxygen atoms in total. The molecule has 2 aliphatic rings. The van der Waals surface area contributed by atoms with Crippen LogP contribution in [-0.2, 0) is 25.6 Å². The van der Waals surface area contributed by atoms with Crippen LogP contribution in [-0.4, -0.2) is 56.8 Å². The van der Waals surface area contributed by atoms with Gasteiger partial charge in [-0.05, 0) is 78.0 Å². The van der Waals surface area contributed by atoms with E-state index in [0.717, 1.165) is 0 Å². The Morgan fingerprint density at radius 3 is 2.50 bits per heavy atom. The Morgan fingerprint density at radius 2 is 1.97 bits per heavy atom. The van der Waals surface area contributed by atoms with Gasteiger partial charge in [0.1, 0.15) is 16.3 Å². The number of amides is 1. The molecular formula is C23H35FN2O5S. The Labute approximate surface area is 193 Å². The number of phenols is 1. The molecule has 180 valence electrons. The highest BCUT2D eigenvalue weighted by Crippen LogP contribution is 2.38. The van der Waals surface area contributed by atoms with E-state index >= 15 is 0 Å². The molecule has 0 aromatic heterocycles. The number of rotatable bonds is 5. The molecule has 0 spiro atoms. The second kappa shape index (κ2) is 9.46. The van der Waals surface area contributed by atoms with E-state index in [2.05, 4.69) is 4.72 Å². The van der Waals surface area contributed by atoms with Crippen LogP contribution >= 0.6 is 0 Å². The van der Waals surface area contributed by atoms with Gasteiger partial charge in [-0.1, -0.05) is 0 Å². The fourth-order valence-electron chi connectivity index (χ4n) is 4.10. The molecular weight excluding hydrogens is 435 g/mol. The lowest BCUT2D eigenvalue weighted by atomic mass is 9.85. The van der Waals surface area contributed by atoms with Crippen molar-refractivity contribution in [2.75, 3.05) is 19.7 Å². The summed E-state index contributed by atoms with van der Waals surface area (Å²) in [7, 11) is 0. The SMILES string of the molecule is Cc1cc(O)c(C(N[S@@+]([O-])C(C)(C)C)C2CCN(C(=O)[C@H]3COC(C)(C)O3)CC2)cc1F. The number of nitrogens with zero attached hydrogens (tertiary/aromatic N) is 1. The quantitative estimate of drug-likeness (QED) is 0.641. The number of aryl methyl sites for hydroxylation is 1. The average Bonchev–Trinajstić information content (AvgIpc) is 3.07. The minimum atomic E-state index is -1.42. The third-order valence-corrected chi connectivity index (χ3v) is 7.62. The summed E-state index contributed by atoms with van der Waals surface area (Å²) >= 11 is -1.42. The van der Waals surface area contributed by atoms with Crippen molar-refractivity contribution in [3.63, 3.8) is 0 Å². The summed E-state index contributed by atoms with van der Waals surface area (Å²) in [6, 6.07) is 2.22. The van der Waals surface area contributed by atoms with E-state index in [4.69, 9.17) is 9.47 Å². The van der Waals surface area contributed by atoms with E-state index in [-0.39, 0.29) is 24.2 Å². The molecule has 1 aromatic carbocycles. The summed E-state index contributed by atoms with van der Waals surface area (Å²) < 4.78 is 41.1. The van der Waals surface area contributed by atoms with Gasteiger partial charge in [-0.15, -0.1) is 4.72 Å². The normalized spacial score (nSPS) is 23.9.